The molecule has 0 bridgehead atoms. The van der Waals surface area contributed by atoms with E-state index in [1.54, 1.807) is 0 Å². The Morgan fingerprint density at radius 1 is 0.971 bits per heavy atom. The number of cyclic esters (lactones) is 1. The maximum Gasteiger partial charge on any atom is 0.334 e. The number of fused-ring (bicyclic) bond motifs is 3. The van der Waals surface area contributed by atoms with Crippen LogP contribution in [0.15, 0.2) is 11.6 Å². The quantitative estimate of drug-likeness (QED) is 0.534. The van der Waals surface area contributed by atoms with Crippen LogP contribution in [0.2, 0.25) is 0 Å². The summed E-state index contributed by atoms with van der Waals surface area (Å²) in [5, 5.41) is 22.5. The lowest BCUT2D eigenvalue weighted by atomic mass is 9.41. The van der Waals surface area contributed by atoms with E-state index in [-0.39, 0.29) is 40.3 Å². The monoisotopic (exact) mass is 486 g/mol. The summed E-state index contributed by atoms with van der Waals surface area (Å²) in [6, 6.07) is 0. The van der Waals surface area contributed by atoms with E-state index < -0.39 is 16.9 Å². The molecule has 0 amide bonds. The highest BCUT2D eigenvalue weighted by Gasteiger charge is 2.76. The van der Waals surface area contributed by atoms with Crippen molar-refractivity contribution in [2.75, 3.05) is 0 Å². The molecule has 10 atom stereocenters. The average molecular weight is 487 g/mol. The van der Waals surface area contributed by atoms with Crippen molar-refractivity contribution >= 4 is 11.8 Å². The fraction of sp³-hybridized carbons (Fsp3) is 0.867. The first kappa shape index (κ1) is 25.4. The number of Topliss-reactive ketones (excluding diaryl/α,β-unsaturated/α-hetero) is 1. The number of ketones is 1. The molecule has 0 aromatic carbocycles. The summed E-state index contributed by atoms with van der Waals surface area (Å²) >= 11 is 0. The van der Waals surface area contributed by atoms with Gasteiger partial charge in [-0.1, -0.05) is 41.5 Å². The summed E-state index contributed by atoms with van der Waals surface area (Å²) in [7, 11) is 0. The molecule has 0 aromatic rings. The Balaban J connectivity index is 1.45. The van der Waals surface area contributed by atoms with Crippen molar-refractivity contribution in [2.24, 2.45) is 44.8 Å². The van der Waals surface area contributed by atoms with Gasteiger partial charge in [0.15, 0.2) is 0 Å². The zero-order valence-corrected chi connectivity index (χ0v) is 22.8. The molecule has 1 unspecified atom stereocenters. The van der Waals surface area contributed by atoms with Gasteiger partial charge >= 0.3 is 5.97 Å². The van der Waals surface area contributed by atoms with Crippen molar-refractivity contribution in [3.8, 4) is 0 Å². The van der Waals surface area contributed by atoms with Crippen molar-refractivity contribution in [2.45, 2.75) is 118 Å². The molecule has 5 nitrogen and oxygen atoms in total. The molecule has 1 heterocycles. The van der Waals surface area contributed by atoms with Gasteiger partial charge in [0.1, 0.15) is 11.9 Å². The molecule has 2 N–H and O–H groups in total. The van der Waals surface area contributed by atoms with Crippen LogP contribution in [0.5, 0.6) is 0 Å². The van der Waals surface area contributed by atoms with Crippen LogP contribution < -0.4 is 0 Å². The van der Waals surface area contributed by atoms with Crippen molar-refractivity contribution < 1.29 is 24.5 Å². The molecule has 1 spiro atoms. The summed E-state index contributed by atoms with van der Waals surface area (Å²) in [5.74, 6) is 0.936. The first-order valence-electron chi connectivity index (χ1n) is 14.0. The van der Waals surface area contributed by atoms with Gasteiger partial charge < -0.3 is 14.9 Å². The fourth-order valence-corrected chi connectivity index (χ4v) is 10.3. The van der Waals surface area contributed by atoms with E-state index in [4.69, 9.17) is 4.74 Å². The van der Waals surface area contributed by atoms with Gasteiger partial charge in [-0.2, -0.15) is 0 Å². The van der Waals surface area contributed by atoms with Crippen LogP contribution >= 0.6 is 0 Å². The molecular weight excluding hydrogens is 440 g/mol. The van der Waals surface area contributed by atoms with Crippen LogP contribution in [-0.4, -0.2) is 40.3 Å². The number of carbonyl (C=O) groups is 2. The largest absolute Gasteiger partial charge is 0.455 e. The predicted octanol–water partition coefficient (Wildman–Crippen LogP) is 5.22. The lowest BCUT2D eigenvalue weighted by Crippen LogP contribution is -2.64. The van der Waals surface area contributed by atoms with Gasteiger partial charge in [-0.3, -0.25) is 4.79 Å². The maximum absolute atomic E-state index is 14.8. The molecule has 4 saturated carbocycles. The summed E-state index contributed by atoms with van der Waals surface area (Å²) in [5.41, 5.74) is -1.23. The SMILES string of the molecule is CC1=C[C@@H](C[C@@H](C)C2CC[C@@]3(C)C(=O)[C@]4(CC[C@]23C)[C@@H](O)C[C@H]2C(C)(C)[C@H](O)CC[C@@]24C)OC1=O. The van der Waals surface area contributed by atoms with Crippen LogP contribution in [0.25, 0.3) is 0 Å². The van der Waals surface area contributed by atoms with Crippen LogP contribution in [0.1, 0.15) is 99.8 Å². The second-order valence-electron chi connectivity index (χ2n) is 14.3. The number of rotatable bonds is 3. The first-order valence-corrected chi connectivity index (χ1v) is 14.0. The summed E-state index contributed by atoms with van der Waals surface area (Å²) < 4.78 is 5.56. The lowest BCUT2D eigenvalue weighted by molar-refractivity contribution is -0.186. The molecule has 4 aliphatic carbocycles. The van der Waals surface area contributed by atoms with Crippen molar-refractivity contribution in [1.29, 1.82) is 0 Å². The zero-order valence-electron chi connectivity index (χ0n) is 22.8. The van der Waals surface area contributed by atoms with Crippen LogP contribution in [0, 0.1) is 44.8 Å². The van der Waals surface area contributed by atoms with E-state index >= 15 is 0 Å². The third-order valence-corrected chi connectivity index (χ3v) is 12.8. The summed E-state index contributed by atoms with van der Waals surface area (Å²) in [6.07, 6.45) is 7.20. The molecule has 5 heteroatoms. The third kappa shape index (κ3) is 3.00. The summed E-state index contributed by atoms with van der Waals surface area (Å²) in [6.45, 7) is 15.1. The Morgan fingerprint density at radius 2 is 1.66 bits per heavy atom. The molecule has 0 saturated heterocycles. The maximum atomic E-state index is 14.8. The Labute approximate surface area is 211 Å². The molecule has 35 heavy (non-hydrogen) atoms. The van der Waals surface area contributed by atoms with Gasteiger partial charge in [-0.15, -0.1) is 0 Å². The van der Waals surface area contributed by atoms with Gasteiger partial charge in [-0.05, 0) is 98.4 Å². The zero-order chi connectivity index (χ0) is 25.8. The van der Waals surface area contributed by atoms with Crippen LogP contribution in [0.4, 0.5) is 0 Å². The molecule has 5 aliphatic rings. The Hall–Kier alpha value is -1.20. The minimum atomic E-state index is -0.720. The van der Waals surface area contributed by atoms with E-state index in [1.807, 2.05) is 13.0 Å². The predicted molar refractivity (Wildman–Crippen MR) is 134 cm³/mol. The highest BCUT2D eigenvalue weighted by molar-refractivity contribution is 5.94. The van der Waals surface area contributed by atoms with Gasteiger partial charge in [0, 0.05) is 11.0 Å². The van der Waals surface area contributed by atoms with Gasteiger partial charge in [-0.25, -0.2) is 4.79 Å². The van der Waals surface area contributed by atoms with Crippen molar-refractivity contribution in [1.82, 2.24) is 0 Å². The smallest absolute Gasteiger partial charge is 0.334 e. The topological polar surface area (TPSA) is 83.8 Å². The lowest BCUT2D eigenvalue weighted by Gasteiger charge is -2.62. The highest BCUT2D eigenvalue weighted by atomic mass is 16.5. The number of aliphatic hydroxyl groups is 2. The number of hydrogen-bond donors (Lipinski definition) is 2. The van der Waals surface area contributed by atoms with Gasteiger partial charge in [0.25, 0.3) is 0 Å². The molecule has 0 radical (unpaired) electrons. The van der Waals surface area contributed by atoms with Crippen molar-refractivity contribution in [3.05, 3.63) is 11.6 Å². The summed E-state index contributed by atoms with van der Waals surface area (Å²) in [4.78, 5) is 26.7. The number of aliphatic hydroxyl groups excluding tert-OH is 2. The Morgan fingerprint density at radius 3 is 2.29 bits per heavy atom. The molecule has 5 rings (SSSR count). The normalized spacial score (nSPS) is 51.7. The van der Waals surface area contributed by atoms with Gasteiger partial charge in [0.05, 0.1) is 17.6 Å². The Bertz CT molecular complexity index is 968. The van der Waals surface area contributed by atoms with E-state index in [1.165, 1.54) is 0 Å². The third-order valence-electron chi connectivity index (χ3n) is 12.8. The fourth-order valence-electron chi connectivity index (χ4n) is 10.3. The number of carbonyl (C=O) groups excluding carboxylic acids is 2. The molecular formula is C30H46O5. The van der Waals surface area contributed by atoms with E-state index in [0.29, 0.717) is 36.0 Å². The molecule has 4 fully saturated rings. The van der Waals surface area contributed by atoms with E-state index in [2.05, 4.69) is 41.5 Å². The van der Waals surface area contributed by atoms with E-state index in [9.17, 15) is 19.8 Å². The molecule has 196 valence electrons. The van der Waals surface area contributed by atoms with E-state index in [0.717, 1.165) is 38.5 Å². The average Bonchev–Trinajstić information content (AvgIpc) is 3.33. The Kier molecular flexibility index (Phi) is 5.57. The standard InChI is InChI=1S/C30H46O5/c1-17(14-19-15-18(2)24(33)35-19)20-8-10-29(7)25(34)30(13-12-27(20,29)5)23(32)16-21-26(3,4)22(31)9-11-28(21,30)6/h15,17,19-23,31-32H,8-14,16H2,1-7H3/t17-,19-,20?,21+,22-,23+,27-,28+,29+,30+/m1/s1. The second kappa shape index (κ2) is 7.66. The highest BCUT2D eigenvalue weighted by Crippen LogP contribution is 2.76. The second-order valence-corrected chi connectivity index (χ2v) is 14.3. The molecule has 0 aromatic heterocycles. The number of esters is 1. The molecule has 1 aliphatic heterocycles. The first-order chi connectivity index (χ1) is 16.1. The minimum absolute atomic E-state index is 0.131. The minimum Gasteiger partial charge on any atom is -0.455 e. The number of ether oxygens (including phenoxy) is 1. The van der Waals surface area contributed by atoms with Crippen LogP contribution in [-0.2, 0) is 14.3 Å². The van der Waals surface area contributed by atoms with Crippen LogP contribution in [0.3, 0.4) is 0 Å². The number of hydrogen-bond acceptors (Lipinski definition) is 5. The van der Waals surface area contributed by atoms with Crippen molar-refractivity contribution in [3.63, 3.8) is 0 Å². The van der Waals surface area contributed by atoms with Gasteiger partial charge in [0.2, 0.25) is 0 Å².